The van der Waals surface area contributed by atoms with Gasteiger partial charge >= 0.3 is 5.97 Å². The van der Waals surface area contributed by atoms with Crippen LogP contribution in [-0.4, -0.2) is 16.1 Å². The minimum Gasteiger partial charge on any atom is -0.477 e. The van der Waals surface area contributed by atoms with E-state index in [0.29, 0.717) is 17.3 Å². The molecule has 0 aliphatic rings. The van der Waals surface area contributed by atoms with Crippen LogP contribution in [0.2, 0.25) is 5.02 Å². The Hall–Kier alpha value is -1.91. The van der Waals surface area contributed by atoms with Crippen LogP contribution in [0.5, 0.6) is 0 Å². The van der Waals surface area contributed by atoms with Crippen molar-refractivity contribution in [1.29, 1.82) is 0 Å². The zero-order valence-corrected chi connectivity index (χ0v) is 11.8. The summed E-state index contributed by atoms with van der Waals surface area (Å²) in [5.41, 5.74) is 1.74. The standard InChI is InChI=1S/C15H15ClN2O2/c1-10(12-6-2-3-7-13(12)16)17-9-11-5-4-8-14(18-11)15(19)20/h2-8,10,17H,9H2,1H3,(H,19,20). The van der Waals surface area contributed by atoms with Crippen LogP contribution < -0.4 is 5.32 Å². The summed E-state index contributed by atoms with van der Waals surface area (Å²) in [4.78, 5) is 14.9. The summed E-state index contributed by atoms with van der Waals surface area (Å²) in [6.07, 6.45) is 0. The highest BCUT2D eigenvalue weighted by Crippen LogP contribution is 2.22. The van der Waals surface area contributed by atoms with Crippen molar-refractivity contribution in [3.63, 3.8) is 0 Å². The molecule has 0 aliphatic carbocycles. The third kappa shape index (κ3) is 3.56. The molecule has 104 valence electrons. The number of aromatic nitrogens is 1. The normalized spacial score (nSPS) is 12.1. The van der Waals surface area contributed by atoms with Crippen molar-refractivity contribution in [2.45, 2.75) is 19.5 Å². The molecule has 2 rings (SSSR count). The largest absolute Gasteiger partial charge is 0.477 e. The van der Waals surface area contributed by atoms with Gasteiger partial charge in [0.25, 0.3) is 0 Å². The lowest BCUT2D eigenvalue weighted by Gasteiger charge is -2.15. The van der Waals surface area contributed by atoms with Crippen molar-refractivity contribution in [3.05, 3.63) is 64.4 Å². The number of nitrogens with zero attached hydrogens (tertiary/aromatic N) is 1. The summed E-state index contributed by atoms with van der Waals surface area (Å²) in [6.45, 7) is 2.48. The highest BCUT2D eigenvalue weighted by Gasteiger charge is 2.10. The van der Waals surface area contributed by atoms with Gasteiger partial charge < -0.3 is 10.4 Å². The molecule has 0 spiro atoms. The maximum atomic E-state index is 10.9. The first kappa shape index (κ1) is 14.5. The van der Waals surface area contributed by atoms with Crippen molar-refractivity contribution in [2.24, 2.45) is 0 Å². The molecular formula is C15H15ClN2O2. The Morgan fingerprint density at radius 2 is 2.05 bits per heavy atom. The Labute approximate surface area is 122 Å². The molecule has 1 heterocycles. The molecule has 0 aliphatic heterocycles. The zero-order valence-electron chi connectivity index (χ0n) is 11.0. The summed E-state index contributed by atoms with van der Waals surface area (Å²) in [6, 6.07) is 12.6. The van der Waals surface area contributed by atoms with Gasteiger partial charge in [-0.1, -0.05) is 35.9 Å². The van der Waals surface area contributed by atoms with Gasteiger partial charge in [-0.05, 0) is 30.7 Å². The quantitative estimate of drug-likeness (QED) is 0.887. The lowest BCUT2D eigenvalue weighted by Crippen LogP contribution is -2.19. The number of nitrogens with one attached hydrogen (secondary N) is 1. The minimum atomic E-state index is -1.02. The molecule has 0 amide bonds. The molecule has 5 heteroatoms. The molecule has 1 unspecified atom stereocenters. The first-order valence-corrected chi connectivity index (χ1v) is 6.63. The highest BCUT2D eigenvalue weighted by molar-refractivity contribution is 6.31. The Kier molecular flexibility index (Phi) is 4.71. The Morgan fingerprint density at radius 3 is 2.75 bits per heavy atom. The van der Waals surface area contributed by atoms with Crippen LogP contribution in [0, 0.1) is 0 Å². The van der Waals surface area contributed by atoms with E-state index in [2.05, 4.69) is 10.3 Å². The molecule has 4 nitrogen and oxygen atoms in total. The molecule has 0 bridgehead atoms. The topological polar surface area (TPSA) is 62.2 Å². The van der Waals surface area contributed by atoms with Crippen molar-refractivity contribution in [2.75, 3.05) is 0 Å². The number of carboxylic acid groups (broad SMARTS) is 1. The summed E-state index contributed by atoms with van der Waals surface area (Å²) in [5.74, 6) is -1.02. The molecule has 20 heavy (non-hydrogen) atoms. The van der Waals surface area contributed by atoms with E-state index >= 15 is 0 Å². The Balaban J connectivity index is 2.04. The van der Waals surface area contributed by atoms with E-state index in [9.17, 15) is 4.79 Å². The lowest BCUT2D eigenvalue weighted by atomic mass is 10.1. The molecule has 0 saturated carbocycles. The number of hydrogen-bond acceptors (Lipinski definition) is 3. The van der Waals surface area contributed by atoms with E-state index in [1.54, 1.807) is 12.1 Å². The fourth-order valence-electron chi connectivity index (χ4n) is 1.89. The second-order valence-corrected chi connectivity index (χ2v) is 4.85. The van der Waals surface area contributed by atoms with Gasteiger partial charge in [-0.25, -0.2) is 9.78 Å². The van der Waals surface area contributed by atoms with Gasteiger partial charge in [0, 0.05) is 17.6 Å². The zero-order chi connectivity index (χ0) is 14.5. The first-order chi connectivity index (χ1) is 9.58. The third-order valence-corrected chi connectivity index (χ3v) is 3.33. The molecule has 2 aromatic rings. The van der Waals surface area contributed by atoms with Crippen molar-refractivity contribution < 1.29 is 9.90 Å². The van der Waals surface area contributed by atoms with Crippen LogP contribution in [0.25, 0.3) is 0 Å². The Morgan fingerprint density at radius 1 is 1.30 bits per heavy atom. The summed E-state index contributed by atoms with van der Waals surface area (Å²) in [7, 11) is 0. The number of hydrogen-bond donors (Lipinski definition) is 2. The van der Waals surface area contributed by atoms with Gasteiger partial charge in [0.05, 0.1) is 5.69 Å². The number of halogens is 1. The second-order valence-electron chi connectivity index (χ2n) is 4.44. The van der Waals surface area contributed by atoms with Crippen molar-refractivity contribution >= 4 is 17.6 Å². The van der Waals surface area contributed by atoms with Crippen LogP contribution in [0.1, 0.15) is 34.7 Å². The van der Waals surface area contributed by atoms with E-state index in [1.165, 1.54) is 6.07 Å². The highest BCUT2D eigenvalue weighted by atomic mass is 35.5. The number of carbonyl (C=O) groups is 1. The van der Waals surface area contributed by atoms with Gasteiger partial charge in [0.15, 0.2) is 0 Å². The van der Waals surface area contributed by atoms with E-state index in [1.807, 2.05) is 31.2 Å². The van der Waals surface area contributed by atoms with Crippen LogP contribution in [-0.2, 0) is 6.54 Å². The molecule has 0 fully saturated rings. The average molecular weight is 291 g/mol. The summed E-state index contributed by atoms with van der Waals surface area (Å²) >= 11 is 6.13. The number of aromatic carboxylic acids is 1. The first-order valence-electron chi connectivity index (χ1n) is 6.25. The monoisotopic (exact) mass is 290 g/mol. The predicted octanol–water partition coefficient (Wildman–Crippen LogP) is 3.28. The summed E-state index contributed by atoms with van der Waals surface area (Å²) < 4.78 is 0. The number of rotatable bonds is 5. The third-order valence-electron chi connectivity index (χ3n) is 2.99. The number of pyridine rings is 1. The van der Waals surface area contributed by atoms with Crippen LogP contribution in [0.3, 0.4) is 0 Å². The van der Waals surface area contributed by atoms with Gasteiger partial charge in [-0.3, -0.25) is 0 Å². The van der Waals surface area contributed by atoms with E-state index in [0.717, 1.165) is 5.56 Å². The van der Waals surface area contributed by atoms with Gasteiger partial charge in [0.1, 0.15) is 5.69 Å². The Bertz CT molecular complexity index is 616. The molecular weight excluding hydrogens is 276 g/mol. The van der Waals surface area contributed by atoms with E-state index in [-0.39, 0.29) is 11.7 Å². The summed E-state index contributed by atoms with van der Waals surface area (Å²) in [5, 5.41) is 12.9. The predicted molar refractivity (Wildman–Crippen MR) is 77.9 cm³/mol. The van der Waals surface area contributed by atoms with Crippen molar-refractivity contribution in [1.82, 2.24) is 10.3 Å². The molecule has 0 radical (unpaired) electrons. The number of benzene rings is 1. The minimum absolute atomic E-state index is 0.0506. The van der Waals surface area contributed by atoms with Crippen LogP contribution >= 0.6 is 11.6 Å². The maximum Gasteiger partial charge on any atom is 0.354 e. The molecule has 0 saturated heterocycles. The van der Waals surface area contributed by atoms with Crippen molar-refractivity contribution in [3.8, 4) is 0 Å². The van der Waals surface area contributed by atoms with E-state index in [4.69, 9.17) is 16.7 Å². The lowest BCUT2D eigenvalue weighted by molar-refractivity contribution is 0.0690. The van der Waals surface area contributed by atoms with Crippen LogP contribution in [0.15, 0.2) is 42.5 Å². The molecule has 1 atom stereocenters. The second kappa shape index (κ2) is 6.50. The fraction of sp³-hybridized carbons (Fsp3) is 0.200. The SMILES string of the molecule is CC(NCc1cccc(C(=O)O)n1)c1ccccc1Cl. The molecule has 2 N–H and O–H groups in total. The molecule has 1 aromatic heterocycles. The maximum absolute atomic E-state index is 10.9. The van der Waals surface area contributed by atoms with E-state index < -0.39 is 5.97 Å². The van der Waals surface area contributed by atoms with Crippen LogP contribution in [0.4, 0.5) is 0 Å². The fourth-order valence-corrected chi connectivity index (χ4v) is 2.19. The van der Waals surface area contributed by atoms with Gasteiger partial charge in [-0.15, -0.1) is 0 Å². The molecule has 1 aromatic carbocycles. The van der Waals surface area contributed by atoms with Gasteiger partial charge in [0.2, 0.25) is 0 Å². The average Bonchev–Trinajstić information content (AvgIpc) is 2.45. The van der Waals surface area contributed by atoms with Gasteiger partial charge in [-0.2, -0.15) is 0 Å². The smallest absolute Gasteiger partial charge is 0.354 e. The number of carboxylic acids is 1.